The molecular formula is C22H26N2O3. The molecule has 2 aromatic carbocycles. The fourth-order valence-electron chi connectivity index (χ4n) is 4.14. The van der Waals surface area contributed by atoms with Crippen molar-refractivity contribution in [2.45, 2.75) is 44.1 Å². The van der Waals surface area contributed by atoms with Gasteiger partial charge in [0, 0.05) is 12.1 Å². The second-order valence-electron chi connectivity index (χ2n) is 7.39. The molecule has 1 fully saturated rings. The Morgan fingerprint density at radius 1 is 1.04 bits per heavy atom. The van der Waals surface area contributed by atoms with E-state index < -0.39 is 0 Å². The number of carbonyl (C=O) groups excluding carboxylic acids is 1. The van der Waals surface area contributed by atoms with Crippen LogP contribution in [0.4, 0.5) is 5.69 Å². The molecule has 142 valence electrons. The molecule has 1 heterocycles. The maximum Gasteiger partial charge on any atom is 0.221 e. The van der Waals surface area contributed by atoms with Crippen LogP contribution in [-0.4, -0.2) is 19.1 Å². The van der Waals surface area contributed by atoms with Crippen molar-refractivity contribution in [3.05, 3.63) is 53.6 Å². The second-order valence-corrected chi connectivity index (χ2v) is 7.39. The summed E-state index contributed by atoms with van der Waals surface area (Å²) in [7, 11) is 0. The lowest BCUT2D eigenvalue weighted by Crippen LogP contribution is -2.44. The molecule has 5 heteroatoms. The summed E-state index contributed by atoms with van der Waals surface area (Å²) in [4.78, 5) is 12.7. The molecule has 4 rings (SSSR count). The first-order valence-corrected chi connectivity index (χ1v) is 9.71. The zero-order chi connectivity index (χ0) is 18.7. The molecule has 5 nitrogen and oxygen atoms in total. The number of nitrogens with one attached hydrogen (secondary N) is 1. The number of rotatable bonds is 5. The highest BCUT2D eigenvalue weighted by Crippen LogP contribution is 2.42. The normalized spacial score (nSPS) is 17.5. The first kappa shape index (κ1) is 17.7. The molecule has 1 saturated carbocycles. The minimum Gasteiger partial charge on any atom is -0.486 e. The van der Waals surface area contributed by atoms with Crippen LogP contribution in [0.3, 0.4) is 0 Å². The Kier molecular flexibility index (Phi) is 4.92. The number of amides is 1. The fourth-order valence-corrected chi connectivity index (χ4v) is 4.14. The van der Waals surface area contributed by atoms with Gasteiger partial charge >= 0.3 is 0 Å². The van der Waals surface area contributed by atoms with Crippen molar-refractivity contribution in [3.8, 4) is 11.5 Å². The van der Waals surface area contributed by atoms with Gasteiger partial charge in [0.15, 0.2) is 11.5 Å². The van der Waals surface area contributed by atoms with Gasteiger partial charge in [-0.3, -0.25) is 4.79 Å². The van der Waals surface area contributed by atoms with Crippen molar-refractivity contribution in [1.82, 2.24) is 5.32 Å². The Morgan fingerprint density at radius 3 is 2.56 bits per heavy atom. The van der Waals surface area contributed by atoms with Crippen LogP contribution in [-0.2, 0) is 16.8 Å². The van der Waals surface area contributed by atoms with Crippen molar-refractivity contribution in [1.29, 1.82) is 0 Å². The standard InChI is InChI=1S/C22H26N2O3/c23-18-6-2-1-5-16(18)7-10-21(25)24-22(11-3-4-12-22)17-8-9-19-20(15-17)27-14-13-26-19/h1-2,5-6,8-9,15H,3-4,7,10-14,23H2,(H,24,25). The summed E-state index contributed by atoms with van der Waals surface area (Å²) in [5, 5.41) is 3.33. The Labute approximate surface area is 159 Å². The highest BCUT2D eigenvalue weighted by molar-refractivity contribution is 5.77. The van der Waals surface area contributed by atoms with E-state index in [-0.39, 0.29) is 11.4 Å². The summed E-state index contributed by atoms with van der Waals surface area (Å²) in [6.07, 6.45) is 5.20. The predicted octanol–water partition coefficient (Wildman–Crippen LogP) is 3.56. The molecule has 1 amide bonds. The largest absolute Gasteiger partial charge is 0.486 e. The highest BCUT2D eigenvalue weighted by Gasteiger charge is 2.37. The number of fused-ring (bicyclic) bond motifs is 1. The molecule has 1 aliphatic heterocycles. The fraction of sp³-hybridized carbons (Fsp3) is 0.409. The van der Waals surface area contributed by atoms with Crippen molar-refractivity contribution in [2.24, 2.45) is 0 Å². The van der Waals surface area contributed by atoms with Crippen LogP contribution in [0.1, 0.15) is 43.2 Å². The summed E-state index contributed by atoms with van der Waals surface area (Å²) < 4.78 is 11.4. The Balaban J connectivity index is 1.49. The van der Waals surface area contributed by atoms with Crippen LogP contribution in [0, 0.1) is 0 Å². The third kappa shape index (κ3) is 3.72. The number of hydrogen-bond acceptors (Lipinski definition) is 4. The molecule has 0 aromatic heterocycles. The van der Waals surface area contributed by atoms with E-state index in [2.05, 4.69) is 11.4 Å². The molecule has 3 N–H and O–H groups in total. The number of para-hydroxylation sites is 1. The number of hydrogen-bond donors (Lipinski definition) is 2. The van der Waals surface area contributed by atoms with E-state index in [0.29, 0.717) is 26.1 Å². The van der Waals surface area contributed by atoms with Crippen LogP contribution in [0.15, 0.2) is 42.5 Å². The molecule has 0 radical (unpaired) electrons. The van der Waals surface area contributed by atoms with Crippen LogP contribution >= 0.6 is 0 Å². The zero-order valence-corrected chi connectivity index (χ0v) is 15.5. The number of nitrogens with two attached hydrogens (primary N) is 1. The van der Waals surface area contributed by atoms with Crippen molar-refractivity contribution < 1.29 is 14.3 Å². The Hall–Kier alpha value is -2.69. The average Bonchev–Trinajstić information content (AvgIpc) is 3.16. The summed E-state index contributed by atoms with van der Waals surface area (Å²) >= 11 is 0. The van der Waals surface area contributed by atoms with Crippen LogP contribution in [0.2, 0.25) is 0 Å². The topological polar surface area (TPSA) is 73.6 Å². The van der Waals surface area contributed by atoms with E-state index in [0.717, 1.165) is 54.0 Å². The van der Waals surface area contributed by atoms with Gasteiger partial charge in [-0.1, -0.05) is 37.1 Å². The molecular weight excluding hydrogens is 340 g/mol. The Morgan fingerprint density at radius 2 is 1.78 bits per heavy atom. The predicted molar refractivity (Wildman–Crippen MR) is 105 cm³/mol. The third-order valence-electron chi connectivity index (χ3n) is 5.61. The number of ether oxygens (including phenoxy) is 2. The van der Waals surface area contributed by atoms with E-state index in [1.807, 2.05) is 36.4 Å². The van der Waals surface area contributed by atoms with Gasteiger partial charge in [-0.05, 0) is 48.6 Å². The lowest BCUT2D eigenvalue weighted by atomic mass is 9.87. The SMILES string of the molecule is Nc1ccccc1CCC(=O)NC1(c2ccc3c(c2)OCCO3)CCCC1. The minimum absolute atomic E-state index is 0.0649. The van der Waals surface area contributed by atoms with Gasteiger partial charge < -0.3 is 20.5 Å². The van der Waals surface area contributed by atoms with Crippen molar-refractivity contribution in [2.75, 3.05) is 18.9 Å². The number of nitrogen functional groups attached to an aromatic ring is 1. The molecule has 2 aliphatic rings. The lowest BCUT2D eigenvalue weighted by molar-refractivity contribution is -0.123. The van der Waals surface area contributed by atoms with Gasteiger partial charge in [0.2, 0.25) is 5.91 Å². The van der Waals surface area contributed by atoms with Crippen LogP contribution in [0.25, 0.3) is 0 Å². The summed E-state index contributed by atoms with van der Waals surface area (Å²) in [5.74, 6) is 1.62. The average molecular weight is 366 g/mol. The van der Waals surface area contributed by atoms with E-state index in [9.17, 15) is 4.79 Å². The first-order valence-electron chi connectivity index (χ1n) is 9.71. The molecule has 0 spiro atoms. The van der Waals surface area contributed by atoms with Crippen molar-refractivity contribution in [3.63, 3.8) is 0 Å². The summed E-state index contributed by atoms with van der Waals surface area (Å²) in [6.45, 7) is 1.14. The number of benzene rings is 2. The van der Waals surface area contributed by atoms with Crippen LogP contribution < -0.4 is 20.5 Å². The van der Waals surface area contributed by atoms with Crippen LogP contribution in [0.5, 0.6) is 11.5 Å². The van der Waals surface area contributed by atoms with E-state index in [1.165, 1.54) is 0 Å². The van der Waals surface area contributed by atoms with Gasteiger partial charge in [0.1, 0.15) is 13.2 Å². The van der Waals surface area contributed by atoms with E-state index >= 15 is 0 Å². The van der Waals surface area contributed by atoms with E-state index in [1.54, 1.807) is 0 Å². The van der Waals surface area contributed by atoms with Gasteiger partial charge in [-0.2, -0.15) is 0 Å². The smallest absolute Gasteiger partial charge is 0.221 e. The molecule has 0 saturated heterocycles. The number of anilines is 1. The molecule has 0 unspecified atom stereocenters. The monoisotopic (exact) mass is 366 g/mol. The number of aryl methyl sites for hydroxylation is 1. The zero-order valence-electron chi connectivity index (χ0n) is 15.5. The first-order chi connectivity index (χ1) is 13.2. The minimum atomic E-state index is -0.310. The second kappa shape index (κ2) is 7.51. The summed E-state index contributed by atoms with van der Waals surface area (Å²) in [6, 6.07) is 13.8. The summed E-state index contributed by atoms with van der Waals surface area (Å²) in [5.41, 5.74) is 8.56. The number of carbonyl (C=O) groups is 1. The maximum atomic E-state index is 12.7. The van der Waals surface area contributed by atoms with E-state index in [4.69, 9.17) is 15.2 Å². The Bertz CT molecular complexity index is 828. The lowest BCUT2D eigenvalue weighted by Gasteiger charge is -2.32. The third-order valence-corrected chi connectivity index (χ3v) is 5.61. The van der Waals surface area contributed by atoms with Gasteiger partial charge in [0.05, 0.1) is 5.54 Å². The molecule has 27 heavy (non-hydrogen) atoms. The maximum absolute atomic E-state index is 12.7. The highest BCUT2D eigenvalue weighted by atomic mass is 16.6. The van der Waals surface area contributed by atoms with Gasteiger partial charge in [-0.15, -0.1) is 0 Å². The molecule has 1 aliphatic carbocycles. The van der Waals surface area contributed by atoms with Gasteiger partial charge in [-0.25, -0.2) is 0 Å². The van der Waals surface area contributed by atoms with Gasteiger partial charge in [0.25, 0.3) is 0 Å². The molecule has 0 atom stereocenters. The molecule has 2 aromatic rings. The molecule has 0 bridgehead atoms. The quantitative estimate of drug-likeness (QED) is 0.794. The van der Waals surface area contributed by atoms with Crippen molar-refractivity contribution >= 4 is 11.6 Å².